The van der Waals surface area contributed by atoms with Gasteiger partial charge in [-0.1, -0.05) is 12.1 Å². The Balaban J connectivity index is 1.92. The van der Waals surface area contributed by atoms with E-state index in [1.54, 1.807) is 21.9 Å². The Morgan fingerprint density at radius 3 is 2.86 bits per heavy atom. The number of alkyl halides is 1. The monoisotopic (exact) mass is 312 g/mol. The van der Waals surface area contributed by atoms with Crippen molar-refractivity contribution in [1.29, 1.82) is 0 Å². The van der Waals surface area contributed by atoms with Crippen molar-refractivity contribution in [2.24, 2.45) is 0 Å². The minimum Gasteiger partial charge on any atom is -0.393 e. The van der Waals surface area contributed by atoms with Crippen LogP contribution < -0.4 is 0 Å². The lowest BCUT2D eigenvalue weighted by atomic mass is 10.1. The summed E-state index contributed by atoms with van der Waals surface area (Å²) < 4.78 is 27.2. The number of hydrogen-bond acceptors (Lipinski definition) is 3. The van der Waals surface area contributed by atoms with Crippen LogP contribution in [0, 0.1) is 5.82 Å². The van der Waals surface area contributed by atoms with Crippen molar-refractivity contribution in [2.75, 3.05) is 32.8 Å². The zero-order valence-corrected chi connectivity index (χ0v) is 12.8. The van der Waals surface area contributed by atoms with E-state index in [0.29, 0.717) is 19.6 Å². The first kappa shape index (κ1) is 16.8. The van der Waals surface area contributed by atoms with E-state index in [9.17, 15) is 13.6 Å². The van der Waals surface area contributed by atoms with Gasteiger partial charge in [0.25, 0.3) is 0 Å². The summed E-state index contributed by atoms with van der Waals surface area (Å²) >= 11 is 0. The van der Waals surface area contributed by atoms with Crippen LogP contribution in [0.2, 0.25) is 0 Å². The Morgan fingerprint density at radius 2 is 2.27 bits per heavy atom. The third-order valence-electron chi connectivity index (χ3n) is 4.02. The van der Waals surface area contributed by atoms with Crippen LogP contribution in [0.5, 0.6) is 0 Å². The predicted molar refractivity (Wildman–Crippen MR) is 79.5 cm³/mol. The summed E-state index contributed by atoms with van der Waals surface area (Å²) in [5.74, 6) is -0.445. The number of aliphatic hydroxyl groups excluding tert-OH is 1. The second-order valence-electron chi connectivity index (χ2n) is 5.81. The number of likely N-dealkylation sites (tertiary alicyclic amines) is 1. The van der Waals surface area contributed by atoms with Crippen molar-refractivity contribution in [3.05, 3.63) is 35.6 Å². The van der Waals surface area contributed by atoms with E-state index in [2.05, 4.69) is 0 Å². The lowest BCUT2D eigenvalue weighted by Gasteiger charge is -2.25. The van der Waals surface area contributed by atoms with Gasteiger partial charge in [-0.3, -0.25) is 9.69 Å². The molecule has 4 nitrogen and oxygen atoms in total. The van der Waals surface area contributed by atoms with Crippen molar-refractivity contribution in [2.45, 2.75) is 25.6 Å². The standard InChI is InChI=1S/C16H22F2N2O2/c1-2-20(9-13-4-3-5-14(17)8-13)15(22)10-19-7-6-16(18,11-19)12-21/h3-5,8,21H,2,6-7,9-12H2,1H3. The molecule has 122 valence electrons. The highest BCUT2D eigenvalue weighted by Crippen LogP contribution is 2.24. The van der Waals surface area contributed by atoms with E-state index in [1.807, 2.05) is 6.92 Å². The van der Waals surface area contributed by atoms with Gasteiger partial charge in [-0.2, -0.15) is 0 Å². The van der Waals surface area contributed by atoms with Crippen molar-refractivity contribution in [1.82, 2.24) is 9.80 Å². The SMILES string of the molecule is CCN(Cc1cccc(F)c1)C(=O)CN1CCC(F)(CO)C1. The average Bonchev–Trinajstić information content (AvgIpc) is 2.86. The van der Waals surface area contributed by atoms with E-state index in [-0.39, 0.29) is 31.2 Å². The van der Waals surface area contributed by atoms with Gasteiger partial charge in [0.2, 0.25) is 5.91 Å². The number of carbonyl (C=O) groups excluding carboxylic acids is 1. The third kappa shape index (κ3) is 4.24. The number of hydrogen-bond donors (Lipinski definition) is 1. The summed E-state index contributed by atoms with van der Waals surface area (Å²) in [7, 11) is 0. The van der Waals surface area contributed by atoms with E-state index < -0.39 is 12.3 Å². The fourth-order valence-electron chi connectivity index (χ4n) is 2.70. The van der Waals surface area contributed by atoms with Gasteiger partial charge in [0.1, 0.15) is 11.5 Å². The van der Waals surface area contributed by atoms with Gasteiger partial charge in [-0.05, 0) is 31.0 Å². The Labute approximate surface area is 129 Å². The molecule has 1 heterocycles. The first-order valence-corrected chi connectivity index (χ1v) is 7.50. The number of likely N-dealkylation sites (N-methyl/N-ethyl adjacent to an activating group) is 1. The lowest BCUT2D eigenvalue weighted by molar-refractivity contribution is -0.132. The molecule has 2 rings (SSSR count). The largest absolute Gasteiger partial charge is 0.393 e. The Kier molecular flexibility index (Phi) is 5.47. The second-order valence-corrected chi connectivity index (χ2v) is 5.81. The number of benzene rings is 1. The minimum absolute atomic E-state index is 0.0762. The highest BCUT2D eigenvalue weighted by Gasteiger charge is 2.38. The molecule has 1 atom stereocenters. The molecule has 0 aliphatic carbocycles. The molecular formula is C16H22F2N2O2. The number of carbonyl (C=O) groups is 1. The second kappa shape index (κ2) is 7.15. The van der Waals surface area contributed by atoms with E-state index in [1.165, 1.54) is 12.1 Å². The Hall–Kier alpha value is -1.53. The fraction of sp³-hybridized carbons (Fsp3) is 0.562. The van der Waals surface area contributed by atoms with Crippen LogP contribution in [0.15, 0.2) is 24.3 Å². The van der Waals surface area contributed by atoms with Gasteiger partial charge in [-0.25, -0.2) is 8.78 Å². The molecule has 22 heavy (non-hydrogen) atoms. The number of halogens is 2. The highest BCUT2D eigenvalue weighted by molar-refractivity contribution is 5.78. The zero-order valence-electron chi connectivity index (χ0n) is 12.8. The summed E-state index contributed by atoms with van der Waals surface area (Å²) in [6.45, 7) is 2.83. The van der Waals surface area contributed by atoms with E-state index in [4.69, 9.17) is 5.11 Å². The molecule has 1 aromatic carbocycles. The number of amides is 1. The van der Waals surface area contributed by atoms with Gasteiger partial charge < -0.3 is 10.0 Å². The molecule has 6 heteroatoms. The number of rotatable bonds is 6. The van der Waals surface area contributed by atoms with Crippen molar-refractivity contribution < 1.29 is 18.7 Å². The molecule has 1 saturated heterocycles. The molecular weight excluding hydrogens is 290 g/mol. The third-order valence-corrected chi connectivity index (χ3v) is 4.02. The first-order chi connectivity index (χ1) is 10.5. The molecule has 1 unspecified atom stereocenters. The van der Waals surface area contributed by atoms with Crippen LogP contribution in [0.1, 0.15) is 18.9 Å². The number of aliphatic hydroxyl groups is 1. The topological polar surface area (TPSA) is 43.8 Å². The average molecular weight is 312 g/mol. The molecule has 1 amide bonds. The Morgan fingerprint density at radius 1 is 1.50 bits per heavy atom. The van der Waals surface area contributed by atoms with Crippen LogP contribution in [-0.2, 0) is 11.3 Å². The molecule has 0 spiro atoms. The van der Waals surface area contributed by atoms with Crippen LogP contribution >= 0.6 is 0 Å². The predicted octanol–water partition coefficient (Wildman–Crippen LogP) is 1.58. The summed E-state index contributed by atoms with van der Waals surface area (Å²) in [6, 6.07) is 6.15. The number of nitrogens with zero attached hydrogens (tertiary/aromatic N) is 2. The molecule has 1 N–H and O–H groups in total. The maximum Gasteiger partial charge on any atom is 0.237 e. The molecule has 1 fully saturated rings. The summed E-state index contributed by atoms with van der Waals surface area (Å²) in [5, 5.41) is 9.02. The molecule has 0 saturated carbocycles. The van der Waals surface area contributed by atoms with Gasteiger partial charge in [0.05, 0.1) is 13.2 Å². The molecule has 1 aromatic rings. The van der Waals surface area contributed by atoms with Gasteiger partial charge in [-0.15, -0.1) is 0 Å². The highest BCUT2D eigenvalue weighted by atomic mass is 19.1. The summed E-state index contributed by atoms with van der Waals surface area (Å²) in [4.78, 5) is 15.7. The maximum atomic E-state index is 14.0. The summed E-state index contributed by atoms with van der Waals surface area (Å²) in [6.07, 6.45) is 0.243. The summed E-state index contributed by atoms with van der Waals surface area (Å²) in [5.41, 5.74) is -0.869. The van der Waals surface area contributed by atoms with Gasteiger partial charge in [0.15, 0.2) is 0 Å². The maximum absolute atomic E-state index is 14.0. The minimum atomic E-state index is -1.60. The molecule has 1 aliphatic heterocycles. The lowest BCUT2D eigenvalue weighted by Crippen LogP contribution is -2.41. The van der Waals surface area contributed by atoms with Gasteiger partial charge >= 0.3 is 0 Å². The van der Waals surface area contributed by atoms with Crippen LogP contribution in [0.25, 0.3) is 0 Å². The smallest absolute Gasteiger partial charge is 0.237 e. The molecule has 0 bridgehead atoms. The first-order valence-electron chi connectivity index (χ1n) is 7.50. The zero-order chi connectivity index (χ0) is 16.2. The van der Waals surface area contributed by atoms with Crippen LogP contribution in [0.3, 0.4) is 0 Å². The molecule has 0 aromatic heterocycles. The van der Waals surface area contributed by atoms with Crippen molar-refractivity contribution >= 4 is 5.91 Å². The van der Waals surface area contributed by atoms with E-state index >= 15 is 0 Å². The van der Waals surface area contributed by atoms with E-state index in [0.717, 1.165) is 5.56 Å². The normalized spacial score (nSPS) is 22.0. The Bertz CT molecular complexity index is 527. The van der Waals surface area contributed by atoms with Crippen LogP contribution in [-0.4, -0.2) is 59.3 Å². The fourth-order valence-corrected chi connectivity index (χ4v) is 2.70. The van der Waals surface area contributed by atoms with Crippen LogP contribution in [0.4, 0.5) is 8.78 Å². The van der Waals surface area contributed by atoms with Crippen molar-refractivity contribution in [3.8, 4) is 0 Å². The van der Waals surface area contributed by atoms with Crippen molar-refractivity contribution in [3.63, 3.8) is 0 Å². The quantitative estimate of drug-likeness (QED) is 0.867. The van der Waals surface area contributed by atoms with Gasteiger partial charge in [0, 0.05) is 26.2 Å². The molecule has 0 radical (unpaired) electrons. The molecule has 1 aliphatic rings.